The normalized spacial score (nSPS) is 29.7. The molecule has 74 valence electrons. The van der Waals surface area contributed by atoms with Crippen LogP contribution in [-0.2, 0) is 0 Å². The van der Waals surface area contributed by atoms with Crippen LogP contribution in [0.25, 0.3) is 0 Å². The number of rotatable bonds is 0. The van der Waals surface area contributed by atoms with E-state index in [2.05, 4.69) is 0 Å². The summed E-state index contributed by atoms with van der Waals surface area (Å²) >= 11 is 0. The first-order valence-corrected chi connectivity index (χ1v) is 3.30. The minimum absolute atomic E-state index is 0.0875. The van der Waals surface area contributed by atoms with Gasteiger partial charge in [0.1, 0.15) is 5.83 Å². The second kappa shape index (κ2) is 2.80. The highest BCUT2D eigenvalue weighted by atomic mass is 19.4. The number of allylic oxidation sites excluding steroid dienone is 2. The van der Waals surface area contributed by atoms with Crippen molar-refractivity contribution >= 4 is 0 Å². The highest BCUT2D eigenvalue weighted by Gasteiger charge is 2.41. The fourth-order valence-corrected chi connectivity index (χ4v) is 0.925. The van der Waals surface area contributed by atoms with Gasteiger partial charge in [-0.25, -0.2) is 8.78 Å². The van der Waals surface area contributed by atoms with Gasteiger partial charge in [0, 0.05) is 12.5 Å². The largest absolute Gasteiger partial charge is 0.418 e. The summed E-state index contributed by atoms with van der Waals surface area (Å²) in [6.07, 6.45) is -5.54. The van der Waals surface area contributed by atoms with Crippen molar-refractivity contribution < 1.29 is 27.1 Å². The van der Waals surface area contributed by atoms with Gasteiger partial charge in [-0.2, -0.15) is 13.2 Å². The van der Waals surface area contributed by atoms with Crippen LogP contribution >= 0.6 is 0 Å². The summed E-state index contributed by atoms with van der Waals surface area (Å²) in [5.41, 5.74) is -1.55. The molecule has 1 atom stereocenters. The summed E-state index contributed by atoms with van der Waals surface area (Å²) in [7, 11) is 0. The van der Waals surface area contributed by atoms with Crippen LogP contribution in [0.5, 0.6) is 0 Å². The minimum atomic E-state index is -4.85. The predicted molar refractivity (Wildman–Crippen MR) is 34.0 cm³/mol. The first-order valence-electron chi connectivity index (χ1n) is 3.30. The Hall–Kier alpha value is -0.910. The van der Waals surface area contributed by atoms with Crippen molar-refractivity contribution in [3.8, 4) is 0 Å². The lowest BCUT2D eigenvalue weighted by molar-refractivity contribution is -0.0951. The highest BCUT2D eigenvalue weighted by Crippen LogP contribution is 2.37. The average molecular weight is 200 g/mol. The van der Waals surface area contributed by atoms with E-state index in [9.17, 15) is 22.0 Å². The zero-order valence-electron chi connectivity index (χ0n) is 6.20. The van der Waals surface area contributed by atoms with E-state index in [1.165, 1.54) is 0 Å². The minimum Gasteiger partial charge on any atom is -0.358 e. The number of aliphatic hydroxyl groups is 1. The van der Waals surface area contributed by atoms with E-state index >= 15 is 0 Å². The Morgan fingerprint density at radius 2 is 1.92 bits per heavy atom. The molecule has 0 heterocycles. The maximum Gasteiger partial charge on any atom is 0.418 e. The maximum atomic E-state index is 12.5. The number of alkyl halides is 4. The van der Waals surface area contributed by atoms with Gasteiger partial charge in [0.15, 0.2) is 0 Å². The van der Waals surface area contributed by atoms with Crippen LogP contribution in [0.15, 0.2) is 23.6 Å². The second-order valence-electron chi connectivity index (χ2n) is 2.63. The van der Waals surface area contributed by atoms with E-state index in [4.69, 9.17) is 5.11 Å². The molecule has 1 aliphatic rings. The van der Waals surface area contributed by atoms with Crippen LogP contribution < -0.4 is 0 Å². The molecule has 0 aliphatic heterocycles. The Balaban J connectivity index is 2.97. The van der Waals surface area contributed by atoms with E-state index in [0.29, 0.717) is 0 Å². The van der Waals surface area contributed by atoms with Crippen molar-refractivity contribution in [2.45, 2.75) is 18.5 Å². The molecule has 0 aromatic carbocycles. The third kappa shape index (κ3) is 2.27. The number of hydrogen-bond acceptors (Lipinski definition) is 1. The Morgan fingerprint density at radius 3 is 2.31 bits per heavy atom. The van der Waals surface area contributed by atoms with Gasteiger partial charge in [-0.15, -0.1) is 0 Å². The molecule has 0 aromatic rings. The van der Waals surface area contributed by atoms with E-state index in [1.54, 1.807) is 0 Å². The number of hydrogen-bond donors (Lipinski definition) is 1. The lowest BCUT2D eigenvalue weighted by Crippen LogP contribution is -2.25. The fourth-order valence-electron chi connectivity index (χ4n) is 0.925. The van der Waals surface area contributed by atoms with E-state index in [-0.39, 0.29) is 12.2 Å². The van der Waals surface area contributed by atoms with E-state index < -0.39 is 29.9 Å². The second-order valence-corrected chi connectivity index (χ2v) is 2.63. The quantitative estimate of drug-likeness (QED) is 0.595. The van der Waals surface area contributed by atoms with Gasteiger partial charge in [0.05, 0.1) is 5.57 Å². The smallest absolute Gasteiger partial charge is 0.358 e. The lowest BCUT2D eigenvalue weighted by Gasteiger charge is -2.20. The molecule has 1 aliphatic carbocycles. The monoisotopic (exact) mass is 200 g/mol. The van der Waals surface area contributed by atoms with Crippen LogP contribution in [0.3, 0.4) is 0 Å². The summed E-state index contributed by atoms with van der Waals surface area (Å²) < 4.78 is 60.7. The topological polar surface area (TPSA) is 20.2 Å². The first kappa shape index (κ1) is 10.2. The lowest BCUT2D eigenvalue weighted by atomic mass is 10.0. The van der Waals surface area contributed by atoms with E-state index in [1.807, 2.05) is 0 Å². The van der Waals surface area contributed by atoms with Crippen molar-refractivity contribution in [1.82, 2.24) is 0 Å². The standard InChI is InChI=1S/C7H5F5O/c8-5-3-6(9,13)2-1-4(5)7(10,11)12/h1,3,13H,2H2. The van der Waals surface area contributed by atoms with Crippen LogP contribution in [0, 0.1) is 0 Å². The van der Waals surface area contributed by atoms with Gasteiger partial charge in [-0.1, -0.05) is 6.08 Å². The summed E-state index contributed by atoms with van der Waals surface area (Å²) in [5, 5.41) is 8.53. The van der Waals surface area contributed by atoms with Crippen molar-refractivity contribution in [2.75, 3.05) is 0 Å². The maximum absolute atomic E-state index is 12.5. The molecule has 1 rings (SSSR count). The van der Waals surface area contributed by atoms with Gasteiger partial charge in [0.25, 0.3) is 0 Å². The molecule has 0 amide bonds. The van der Waals surface area contributed by atoms with Crippen molar-refractivity contribution in [1.29, 1.82) is 0 Å². The molecule has 0 radical (unpaired) electrons. The molecular weight excluding hydrogens is 195 g/mol. The first-order chi connectivity index (χ1) is 5.72. The molecule has 6 heteroatoms. The molecule has 1 N–H and O–H groups in total. The predicted octanol–water partition coefficient (Wildman–Crippen LogP) is 2.39. The van der Waals surface area contributed by atoms with Crippen molar-refractivity contribution in [2.24, 2.45) is 0 Å². The Kier molecular flexibility index (Phi) is 2.19. The average Bonchev–Trinajstić information content (AvgIpc) is 1.80. The van der Waals surface area contributed by atoms with Crippen LogP contribution in [0.4, 0.5) is 22.0 Å². The summed E-state index contributed by atoms with van der Waals surface area (Å²) in [6, 6.07) is 0. The molecule has 0 spiro atoms. The summed E-state index contributed by atoms with van der Waals surface area (Å²) in [6.45, 7) is 0. The van der Waals surface area contributed by atoms with Gasteiger partial charge in [-0.3, -0.25) is 0 Å². The summed E-state index contributed by atoms with van der Waals surface area (Å²) in [4.78, 5) is 0. The fraction of sp³-hybridized carbons (Fsp3) is 0.429. The van der Waals surface area contributed by atoms with E-state index in [0.717, 1.165) is 0 Å². The van der Waals surface area contributed by atoms with Crippen molar-refractivity contribution in [3.63, 3.8) is 0 Å². The zero-order valence-corrected chi connectivity index (χ0v) is 6.20. The third-order valence-electron chi connectivity index (χ3n) is 1.50. The molecule has 0 saturated carbocycles. The van der Waals surface area contributed by atoms with Crippen molar-refractivity contribution in [3.05, 3.63) is 23.6 Å². The van der Waals surface area contributed by atoms with Gasteiger partial charge < -0.3 is 5.11 Å². The molecule has 0 fully saturated rings. The SMILES string of the molecule is OC1(F)C=C(F)C(C(F)(F)F)=CC1. The summed E-state index contributed by atoms with van der Waals surface area (Å²) in [5.74, 6) is -4.80. The molecule has 1 unspecified atom stereocenters. The van der Waals surface area contributed by atoms with Crippen LogP contribution in [0.1, 0.15) is 6.42 Å². The third-order valence-corrected chi connectivity index (χ3v) is 1.50. The zero-order chi connectivity index (χ0) is 10.3. The Bertz CT molecular complexity index is 273. The molecule has 0 bridgehead atoms. The van der Waals surface area contributed by atoms with Crippen LogP contribution in [-0.4, -0.2) is 17.1 Å². The van der Waals surface area contributed by atoms with Gasteiger partial charge >= 0.3 is 6.18 Å². The number of halogens is 5. The molecular formula is C7H5F5O. The van der Waals surface area contributed by atoms with Gasteiger partial charge in [-0.05, 0) is 0 Å². The molecule has 0 aromatic heterocycles. The Labute approximate surface area is 70.2 Å². The molecule has 13 heavy (non-hydrogen) atoms. The Morgan fingerprint density at radius 1 is 1.38 bits per heavy atom. The van der Waals surface area contributed by atoms with Gasteiger partial charge in [0.2, 0.25) is 5.85 Å². The highest BCUT2D eigenvalue weighted by molar-refractivity contribution is 5.35. The van der Waals surface area contributed by atoms with Crippen LogP contribution in [0.2, 0.25) is 0 Å². The molecule has 0 saturated heterocycles. The molecule has 1 nitrogen and oxygen atoms in total.